The number of nitrogens with one attached hydrogen (secondary N) is 1. The maximum absolute atomic E-state index is 10.8. The van der Waals surface area contributed by atoms with Crippen molar-refractivity contribution in [1.29, 1.82) is 5.26 Å². The van der Waals surface area contributed by atoms with Crippen LogP contribution in [0.5, 0.6) is 0 Å². The molecule has 1 N–H and O–H groups in total. The second-order valence-corrected chi connectivity index (χ2v) is 3.34. The minimum Gasteiger partial charge on any atom is -0.355 e. The van der Waals surface area contributed by atoms with Gasteiger partial charge in [0, 0.05) is 24.5 Å². The van der Waals surface area contributed by atoms with Crippen LogP contribution in [-0.4, -0.2) is 17.4 Å². The van der Waals surface area contributed by atoms with Crippen LogP contribution in [-0.2, 0) is 11.2 Å². The Morgan fingerprint density at radius 1 is 1.77 bits per heavy atom. The molecule has 0 spiro atoms. The van der Waals surface area contributed by atoms with Gasteiger partial charge < -0.3 is 5.32 Å². The van der Waals surface area contributed by atoms with E-state index in [9.17, 15) is 4.79 Å². The standard InChI is InChI=1S/C8H9N3OS/c9-3-1-7(12)10-4-2-8-11-5-6-13-8/h5-6H,1-2,4H2,(H,10,12). The van der Waals surface area contributed by atoms with Gasteiger partial charge in [0.05, 0.1) is 11.1 Å². The first-order chi connectivity index (χ1) is 6.33. The molecular formula is C8H9N3OS. The van der Waals surface area contributed by atoms with Crippen molar-refractivity contribution in [2.45, 2.75) is 12.8 Å². The van der Waals surface area contributed by atoms with Gasteiger partial charge in [0.15, 0.2) is 0 Å². The summed E-state index contributed by atoms with van der Waals surface area (Å²) in [5.74, 6) is -0.223. The van der Waals surface area contributed by atoms with Crippen molar-refractivity contribution in [3.63, 3.8) is 0 Å². The quantitative estimate of drug-likeness (QED) is 0.769. The number of hydrogen-bond donors (Lipinski definition) is 1. The normalized spacial score (nSPS) is 9.15. The molecule has 5 heteroatoms. The number of carbonyl (C=O) groups is 1. The van der Waals surface area contributed by atoms with Crippen LogP contribution in [0.25, 0.3) is 0 Å². The Morgan fingerprint density at radius 3 is 3.23 bits per heavy atom. The second kappa shape index (κ2) is 5.27. The first-order valence-electron chi connectivity index (χ1n) is 3.85. The Kier molecular flexibility index (Phi) is 3.93. The molecule has 0 bridgehead atoms. The summed E-state index contributed by atoms with van der Waals surface area (Å²) in [7, 11) is 0. The first-order valence-corrected chi connectivity index (χ1v) is 4.73. The van der Waals surface area contributed by atoms with Gasteiger partial charge in [0.2, 0.25) is 5.91 Å². The Labute approximate surface area is 80.2 Å². The highest BCUT2D eigenvalue weighted by atomic mass is 32.1. The van der Waals surface area contributed by atoms with Crippen molar-refractivity contribution >= 4 is 17.2 Å². The van der Waals surface area contributed by atoms with E-state index in [0.717, 1.165) is 11.4 Å². The highest BCUT2D eigenvalue weighted by Gasteiger charge is 1.99. The molecule has 68 valence electrons. The van der Waals surface area contributed by atoms with E-state index in [0.29, 0.717) is 6.54 Å². The van der Waals surface area contributed by atoms with Gasteiger partial charge in [-0.2, -0.15) is 5.26 Å². The molecule has 1 aromatic heterocycles. The molecule has 0 aliphatic carbocycles. The minimum absolute atomic E-state index is 0.0716. The first kappa shape index (κ1) is 9.68. The lowest BCUT2D eigenvalue weighted by atomic mass is 10.4. The van der Waals surface area contributed by atoms with Gasteiger partial charge in [-0.05, 0) is 0 Å². The zero-order valence-electron chi connectivity index (χ0n) is 6.99. The van der Waals surface area contributed by atoms with Gasteiger partial charge in [-0.1, -0.05) is 0 Å². The van der Waals surface area contributed by atoms with Crippen LogP contribution in [0.3, 0.4) is 0 Å². The van der Waals surface area contributed by atoms with E-state index in [-0.39, 0.29) is 12.3 Å². The van der Waals surface area contributed by atoms with Crippen LogP contribution in [0, 0.1) is 11.3 Å². The van der Waals surface area contributed by atoms with Gasteiger partial charge in [-0.15, -0.1) is 11.3 Å². The third-order valence-electron chi connectivity index (χ3n) is 1.38. The lowest BCUT2D eigenvalue weighted by Gasteiger charge is -1.99. The summed E-state index contributed by atoms with van der Waals surface area (Å²) in [6.07, 6.45) is 2.39. The maximum Gasteiger partial charge on any atom is 0.234 e. The van der Waals surface area contributed by atoms with Crippen LogP contribution in [0.4, 0.5) is 0 Å². The summed E-state index contributed by atoms with van der Waals surface area (Å²) in [6.45, 7) is 0.550. The molecule has 1 amide bonds. The van der Waals surface area contributed by atoms with Crippen molar-refractivity contribution in [3.05, 3.63) is 16.6 Å². The van der Waals surface area contributed by atoms with E-state index in [1.54, 1.807) is 23.6 Å². The lowest BCUT2D eigenvalue weighted by molar-refractivity contribution is -0.120. The fourth-order valence-electron chi connectivity index (χ4n) is 0.820. The Balaban J connectivity index is 2.15. The Hall–Kier alpha value is -1.41. The monoisotopic (exact) mass is 195 g/mol. The number of nitrogens with zero attached hydrogens (tertiary/aromatic N) is 2. The van der Waals surface area contributed by atoms with Crippen molar-refractivity contribution in [1.82, 2.24) is 10.3 Å². The highest BCUT2D eigenvalue weighted by molar-refractivity contribution is 7.09. The SMILES string of the molecule is N#CCC(=O)NCCc1nccs1. The zero-order valence-corrected chi connectivity index (χ0v) is 7.80. The Morgan fingerprint density at radius 2 is 2.62 bits per heavy atom. The average Bonchev–Trinajstić information content (AvgIpc) is 2.57. The van der Waals surface area contributed by atoms with E-state index in [4.69, 9.17) is 5.26 Å². The van der Waals surface area contributed by atoms with Crippen LogP contribution in [0.2, 0.25) is 0 Å². The molecule has 0 saturated carbocycles. The minimum atomic E-state index is -0.223. The molecule has 0 saturated heterocycles. The van der Waals surface area contributed by atoms with Crippen LogP contribution in [0.15, 0.2) is 11.6 Å². The van der Waals surface area contributed by atoms with E-state index >= 15 is 0 Å². The molecular weight excluding hydrogens is 186 g/mol. The average molecular weight is 195 g/mol. The van der Waals surface area contributed by atoms with Gasteiger partial charge >= 0.3 is 0 Å². The number of nitriles is 1. The molecule has 0 unspecified atom stereocenters. The summed E-state index contributed by atoms with van der Waals surface area (Å²) in [4.78, 5) is 14.9. The summed E-state index contributed by atoms with van der Waals surface area (Å²) in [5, 5.41) is 13.7. The van der Waals surface area contributed by atoms with Gasteiger partial charge in [-0.3, -0.25) is 4.79 Å². The Bertz CT molecular complexity index is 302. The molecule has 0 aromatic carbocycles. The fraction of sp³-hybridized carbons (Fsp3) is 0.375. The molecule has 0 aliphatic rings. The molecule has 4 nitrogen and oxygen atoms in total. The molecule has 0 fully saturated rings. The molecule has 0 atom stereocenters. The molecule has 13 heavy (non-hydrogen) atoms. The topological polar surface area (TPSA) is 65.8 Å². The second-order valence-electron chi connectivity index (χ2n) is 2.36. The van der Waals surface area contributed by atoms with Gasteiger partial charge in [0.1, 0.15) is 6.42 Å². The smallest absolute Gasteiger partial charge is 0.234 e. The number of hydrogen-bond acceptors (Lipinski definition) is 4. The van der Waals surface area contributed by atoms with E-state index in [2.05, 4.69) is 10.3 Å². The van der Waals surface area contributed by atoms with E-state index in [1.807, 2.05) is 5.38 Å². The fourth-order valence-corrected chi connectivity index (χ4v) is 1.44. The largest absolute Gasteiger partial charge is 0.355 e. The summed E-state index contributed by atoms with van der Waals surface area (Å²) in [6, 6.07) is 1.79. The van der Waals surface area contributed by atoms with Gasteiger partial charge in [-0.25, -0.2) is 4.98 Å². The predicted octanol–water partition coefficient (Wildman–Crippen LogP) is 0.715. The third-order valence-corrected chi connectivity index (χ3v) is 2.22. The van der Waals surface area contributed by atoms with Crippen molar-refractivity contribution in [3.8, 4) is 6.07 Å². The highest BCUT2D eigenvalue weighted by Crippen LogP contribution is 2.03. The van der Waals surface area contributed by atoms with Gasteiger partial charge in [0.25, 0.3) is 0 Å². The third kappa shape index (κ3) is 3.67. The van der Waals surface area contributed by atoms with Crippen molar-refractivity contribution in [2.24, 2.45) is 0 Å². The van der Waals surface area contributed by atoms with Crippen LogP contribution < -0.4 is 5.32 Å². The lowest BCUT2D eigenvalue weighted by Crippen LogP contribution is -2.24. The maximum atomic E-state index is 10.8. The number of carbonyl (C=O) groups excluding carboxylic acids is 1. The van der Waals surface area contributed by atoms with Crippen LogP contribution >= 0.6 is 11.3 Å². The zero-order chi connectivity index (χ0) is 9.52. The van der Waals surface area contributed by atoms with Crippen molar-refractivity contribution in [2.75, 3.05) is 6.54 Å². The van der Waals surface area contributed by atoms with Crippen molar-refractivity contribution < 1.29 is 4.79 Å². The number of rotatable bonds is 4. The summed E-state index contributed by atoms with van der Waals surface area (Å²) >= 11 is 1.56. The molecule has 1 rings (SSSR count). The predicted molar refractivity (Wildman–Crippen MR) is 49.1 cm³/mol. The number of amides is 1. The number of aromatic nitrogens is 1. The van der Waals surface area contributed by atoms with Crippen LogP contribution in [0.1, 0.15) is 11.4 Å². The molecule has 1 aromatic rings. The molecule has 0 aliphatic heterocycles. The van der Waals surface area contributed by atoms with E-state index in [1.165, 1.54) is 0 Å². The molecule has 0 radical (unpaired) electrons. The number of thiazole rings is 1. The summed E-state index contributed by atoms with van der Waals surface area (Å²) < 4.78 is 0. The molecule has 1 heterocycles. The van der Waals surface area contributed by atoms with E-state index < -0.39 is 0 Å². The summed E-state index contributed by atoms with van der Waals surface area (Å²) in [5.41, 5.74) is 0.